The molecule has 1 aliphatic rings. The third-order valence-corrected chi connectivity index (χ3v) is 5.34. The highest BCUT2D eigenvalue weighted by Gasteiger charge is 2.19. The minimum Gasteiger partial charge on any atom is -0.497 e. The number of ether oxygens (including phenoxy) is 2. The fourth-order valence-electron chi connectivity index (χ4n) is 3.70. The number of hydrogen-bond donors (Lipinski definition) is 2. The van der Waals surface area contributed by atoms with Crippen LogP contribution in [0.4, 0.5) is 11.4 Å². The molecule has 166 valence electrons. The molecule has 0 aromatic heterocycles. The number of hydrogen-bond acceptors (Lipinski definition) is 5. The Labute approximate surface area is 183 Å². The van der Waals surface area contributed by atoms with Gasteiger partial charge in [-0.25, -0.2) is 0 Å². The molecule has 7 nitrogen and oxygen atoms in total. The Hall–Kier alpha value is -3.06. The van der Waals surface area contributed by atoms with Crippen LogP contribution in [0.3, 0.4) is 0 Å². The predicted octanol–water partition coefficient (Wildman–Crippen LogP) is 3.24. The van der Waals surface area contributed by atoms with Gasteiger partial charge in [-0.15, -0.1) is 0 Å². The van der Waals surface area contributed by atoms with Gasteiger partial charge in [-0.1, -0.05) is 12.1 Å². The van der Waals surface area contributed by atoms with Crippen molar-refractivity contribution in [1.82, 2.24) is 5.32 Å². The molecule has 0 radical (unpaired) electrons. The molecule has 0 saturated carbocycles. The number of methoxy groups -OCH3 is 2. The van der Waals surface area contributed by atoms with Gasteiger partial charge in [0.1, 0.15) is 5.75 Å². The first-order chi connectivity index (χ1) is 15.1. The first kappa shape index (κ1) is 22.6. The molecule has 1 fully saturated rings. The van der Waals surface area contributed by atoms with Gasteiger partial charge in [-0.2, -0.15) is 0 Å². The van der Waals surface area contributed by atoms with Crippen molar-refractivity contribution in [2.24, 2.45) is 0 Å². The van der Waals surface area contributed by atoms with Gasteiger partial charge in [-0.05, 0) is 55.2 Å². The molecule has 0 unspecified atom stereocenters. The summed E-state index contributed by atoms with van der Waals surface area (Å²) in [6, 6.07) is 13.0. The van der Waals surface area contributed by atoms with Crippen LogP contribution in [0.15, 0.2) is 42.5 Å². The van der Waals surface area contributed by atoms with E-state index < -0.39 is 0 Å². The summed E-state index contributed by atoms with van der Waals surface area (Å²) in [4.78, 5) is 27.6. The molecule has 0 atom stereocenters. The van der Waals surface area contributed by atoms with Gasteiger partial charge < -0.3 is 25.0 Å². The number of carbonyl (C=O) groups excluding carboxylic acids is 2. The molecule has 2 N–H and O–H groups in total. The van der Waals surface area contributed by atoms with E-state index in [9.17, 15) is 9.59 Å². The van der Waals surface area contributed by atoms with Gasteiger partial charge in [0.15, 0.2) is 0 Å². The molecule has 0 bridgehead atoms. The van der Waals surface area contributed by atoms with Crippen LogP contribution in [0.2, 0.25) is 0 Å². The third kappa shape index (κ3) is 6.46. The largest absolute Gasteiger partial charge is 0.497 e. The van der Waals surface area contributed by atoms with Gasteiger partial charge in [0.2, 0.25) is 5.91 Å². The first-order valence-corrected chi connectivity index (χ1v) is 10.7. The Kier molecular flexibility index (Phi) is 8.29. The van der Waals surface area contributed by atoms with Gasteiger partial charge in [-0.3, -0.25) is 9.59 Å². The number of benzene rings is 2. The Morgan fingerprint density at radius 1 is 1.00 bits per heavy atom. The van der Waals surface area contributed by atoms with Gasteiger partial charge in [0.25, 0.3) is 5.91 Å². The number of rotatable bonds is 9. The second-order valence-corrected chi connectivity index (χ2v) is 7.60. The minimum absolute atomic E-state index is 0.137. The Bertz CT molecular complexity index is 877. The summed E-state index contributed by atoms with van der Waals surface area (Å²) in [7, 11) is 3.21. The van der Waals surface area contributed by atoms with Crippen molar-refractivity contribution in [3.8, 4) is 5.75 Å². The van der Waals surface area contributed by atoms with Crippen LogP contribution >= 0.6 is 0 Å². The summed E-state index contributed by atoms with van der Waals surface area (Å²) in [5, 5.41) is 5.81. The second kappa shape index (κ2) is 11.4. The van der Waals surface area contributed by atoms with Crippen molar-refractivity contribution in [2.45, 2.75) is 25.7 Å². The quantitative estimate of drug-likeness (QED) is 0.603. The number of anilines is 2. The lowest BCUT2D eigenvalue weighted by atomic mass is 10.1. The highest BCUT2D eigenvalue weighted by molar-refractivity contribution is 6.02. The summed E-state index contributed by atoms with van der Waals surface area (Å²) in [6.45, 7) is 2.74. The molecule has 1 aliphatic heterocycles. The summed E-state index contributed by atoms with van der Waals surface area (Å²) < 4.78 is 10.2. The van der Waals surface area contributed by atoms with E-state index in [1.54, 1.807) is 20.3 Å². The van der Waals surface area contributed by atoms with Crippen molar-refractivity contribution in [2.75, 3.05) is 50.7 Å². The van der Waals surface area contributed by atoms with Crippen LogP contribution in [0.1, 0.15) is 35.2 Å². The maximum Gasteiger partial charge on any atom is 0.253 e. The summed E-state index contributed by atoms with van der Waals surface area (Å²) >= 11 is 0. The van der Waals surface area contributed by atoms with Crippen LogP contribution in [0, 0.1) is 0 Å². The number of amides is 2. The van der Waals surface area contributed by atoms with E-state index in [1.165, 1.54) is 6.42 Å². The van der Waals surface area contributed by atoms with E-state index >= 15 is 0 Å². The molecule has 3 rings (SSSR count). The molecule has 7 heteroatoms. The average molecular weight is 426 g/mol. The molecule has 0 aliphatic carbocycles. The van der Waals surface area contributed by atoms with E-state index in [1.807, 2.05) is 36.4 Å². The van der Waals surface area contributed by atoms with Crippen LogP contribution < -0.4 is 20.3 Å². The lowest BCUT2D eigenvalue weighted by molar-refractivity contribution is -0.115. The Morgan fingerprint density at radius 2 is 1.74 bits per heavy atom. The monoisotopic (exact) mass is 425 g/mol. The fourth-order valence-corrected chi connectivity index (χ4v) is 3.70. The molecule has 2 amide bonds. The summed E-state index contributed by atoms with van der Waals surface area (Å²) in [5.41, 5.74) is 2.97. The van der Waals surface area contributed by atoms with Crippen LogP contribution in [-0.2, 0) is 16.0 Å². The standard InChI is InChI=1S/C24H31N3O4/c1-30-15-12-25-24(29)21-17-19(8-11-22(21)27-13-4-3-5-14-27)26-23(28)16-18-6-9-20(31-2)10-7-18/h6-11,17H,3-5,12-16H2,1-2H3,(H,25,29)(H,26,28). The van der Waals surface area contributed by atoms with Crippen LogP contribution in [-0.4, -0.2) is 52.3 Å². The van der Waals surface area contributed by atoms with Crippen molar-refractivity contribution in [3.05, 3.63) is 53.6 Å². The maximum absolute atomic E-state index is 12.9. The van der Waals surface area contributed by atoms with Crippen molar-refractivity contribution >= 4 is 23.2 Å². The van der Waals surface area contributed by atoms with Crippen molar-refractivity contribution in [1.29, 1.82) is 0 Å². The molecule has 2 aromatic rings. The van der Waals surface area contributed by atoms with E-state index in [0.717, 1.165) is 42.9 Å². The minimum atomic E-state index is -0.163. The van der Waals surface area contributed by atoms with Gasteiger partial charge >= 0.3 is 0 Å². The smallest absolute Gasteiger partial charge is 0.253 e. The van der Waals surface area contributed by atoms with E-state index in [0.29, 0.717) is 24.4 Å². The number of nitrogens with zero attached hydrogens (tertiary/aromatic N) is 1. The van der Waals surface area contributed by atoms with Crippen molar-refractivity contribution in [3.63, 3.8) is 0 Å². The molecule has 2 aromatic carbocycles. The molecule has 31 heavy (non-hydrogen) atoms. The first-order valence-electron chi connectivity index (χ1n) is 10.7. The maximum atomic E-state index is 12.9. The molecule has 1 heterocycles. The zero-order valence-corrected chi connectivity index (χ0v) is 18.3. The zero-order valence-electron chi connectivity index (χ0n) is 18.3. The van der Waals surface area contributed by atoms with E-state index in [-0.39, 0.29) is 18.2 Å². The van der Waals surface area contributed by atoms with Crippen LogP contribution in [0.25, 0.3) is 0 Å². The number of carbonyl (C=O) groups is 2. The number of nitrogens with one attached hydrogen (secondary N) is 2. The van der Waals surface area contributed by atoms with E-state index in [2.05, 4.69) is 15.5 Å². The summed E-state index contributed by atoms with van der Waals surface area (Å²) in [6.07, 6.45) is 3.69. The summed E-state index contributed by atoms with van der Waals surface area (Å²) in [5.74, 6) is 0.451. The highest BCUT2D eigenvalue weighted by Crippen LogP contribution is 2.27. The number of piperidine rings is 1. The zero-order chi connectivity index (χ0) is 22.1. The average Bonchev–Trinajstić information content (AvgIpc) is 2.80. The lowest BCUT2D eigenvalue weighted by Crippen LogP contribution is -2.33. The Morgan fingerprint density at radius 3 is 2.42 bits per heavy atom. The Balaban J connectivity index is 1.73. The lowest BCUT2D eigenvalue weighted by Gasteiger charge is -2.30. The van der Waals surface area contributed by atoms with E-state index in [4.69, 9.17) is 9.47 Å². The van der Waals surface area contributed by atoms with Gasteiger partial charge in [0.05, 0.1) is 25.7 Å². The van der Waals surface area contributed by atoms with Crippen LogP contribution in [0.5, 0.6) is 5.75 Å². The third-order valence-electron chi connectivity index (χ3n) is 5.34. The SMILES string of the molecule is COCCNC(=O)c1cc(NC(=O)Cc2ccc(OC)cc2)ccc1N1CCCCC1. The predicted molar refractivity (Wildman–Crippen MR) is 122 cm³/mol. The topological polar surface area (TPSA) is 79.9 Å². The van der Waals surface area contributed by atoms with Gasteiger partial charge in [0, 0.05) is 38.1 Å². The highest BCUT2D eigenvalue weighted by atomic mass is 16.5. The van der Waals surface area contributed by atoms with Crippen molar-refractivity contribution < 1.29 is 19.1 Å². The molecule has 1 saturated heterocycles. The molecule has 0 spiro atoms. The normalized spacial score (nSPS) is 13.5. The molecular formula is C24H31N3O4. The molecular weight excluding hydrogens is 394 g/mol. The fraction of sp³-hybridized carbons (Fsp3) is 0.417. The second-order valence-electron chi connectivity index (χ2n) is 7.60.